The van der Waals surface area contributed by atoms with Gasteiger partial charge >= 0.3 is 0 Å². The lowest BCUT2D eigenvalue weighted by atomic mass is 9.84. The van der Waals surface area contributed by atoms with Crippen molar-refractivity contribution in [3.63, 3.8) is 0 Å². The van der Waals surface area contributed by atoms with E-state index in [2.05, 4.69) is 10.2 Å². The van der Waals surface area contributed by atoms with Crippen LogP contribution in [0.2, 0.25) is 5.02 Å². The first-order valence-electron chi connectivity index (χ1n) is 8.43. The molecule has 134 valence electrons. The molecule has 5 rings (SSSR count). The first-order valence-corrected chi connectivity index (χ1v) is 8.81. The van der Waals surface area contributed by atoms with Crippen LogP contribution in [-0.4, -0.2) is 61.2 Å². The van der Waals surface area contributed by atoms with Gasteiger partial charge in [0.15, 0.2) is 18.1 Å². The van der Waals surface area contributed by atoms with Crippen LogP contribution >= 0.6 is 11.6 Å². The Balaban J connectivity index is 1.66. The van der Waals surface area contributed by atoms with Crippen LogP contribution in [0, 0.1) is 5.92 Å². The van der Waals surface area contributed by atoms with Crippen LogP contribution in [0.5, 0.6) is 11.5 Å². The van der Waals surface area contributed by atoms with Gasteiger partial charge in [-0.3, -0.25) is 9.59 Å². The number of benzene rings is 1. The fourth-order valence-electron chi connectivity index (χ4n) is 3.95. The number of piperidine rings is 3. The smallest absolute Gasteiger partial charge is 0.264 e. The van der Waals surface area contributed by atoms with E-state index in [0.717, 1.165) is 32.5 Å². The number of hydrogen-bond acceptors (Lipinski definition) is 5. The number of rotatable bonds is 2. The number of phenols is 1. The van der Waals surface area contributed by atoms with Crippen molar-refractivity contribution in [1.29, 1.82) is 0 Å². The van der Waals surface area contributed by atoms with Crippen LogP contribution in [0.15, 0.2) is 6.07 Å². The number of anilines is 1. The van der Waals surface area contributed by atoms with Crippen molar-refractivity contribution in [3.8, 4) is 11.5 Å². The van der Waals surface area contributed by atoms with E-state index in [4.69, 9.17) is 16.3 Å². The van der Waals surface area contributed by atoms with Crippen LogP contribution in [0.1, 0.15) is 23.2 Å². The molecule has 1 unspecified atom stereocenters. The number of hydrogen-bond donors (Lipinski definition) is 2. The number of phenolic OH excluding ortho intramolecular Hbond substituents is 1. The van der Waals surface area contributed by atoms with Crippen LogP contribution < -0.4 is 15.0 Å². The zero-order valence-corrected chi connectivity index (χ0v) is 14.7. The zero-order chi connectivity index (χ0) is 17.7. The van der Waals surface area contributed by atoms with Crippen molar-refractivity contribution < 1.29 is 19.4 Å². The predicted molar refractivity (Wildman–Crippen MR) is 92.4 cm³/mol. The summed E-state index contributed by atoms with van der Waals surface area (Å²) in [5.74, 6) is -0.322. The van der Waals surface area contributed by atoms with Gasteiger partial charge in [0.05, 0.1) is 10.7 Å². The number of aromatic hydroxyl groups is 1. The molecule has 3 saturated heterocycles. The molecule has 0 radical (unpaired) electrons. The number of carbonyl (C=O) groups excluding carboxylic acids is 2. The Morgan fingerprint density at radius 3 is 2.76 bits per heavy atom. The highest BCUT2D eigenvalue weighted by Gasteiger charge is 2.37. The lowest BCUT2D eigenvalue weighted by molar-refractivity contribution is -0.121. The first kappa shape index (κ1) is 16.5. The van der Waals surface area contributed by atoms with Crippen molar-refractivity contribution in [2.24, 2.45) is 5.92 Å². The van der Waals surface area contributed by atoms with E-state index in [0.29, 0.717) is 11.6 Å². The SMILES string of the molecule is CN1C(=O)COc2c1cc(Cl)c(O)c2C(=O)NC1CN2CCC1CC2. The summed E-state index contributed by atoms with van der Waals surface area (Å²) in [5.41, 5.74) is 0.386. The Labute approximate surface area is 150 Å². The largest absolute Gasteiger partial charge is 0.505 e. The minimum Gasteiger partial charge on any atom is -0.505 e. The Hall–Kier alpha value is -1.99. The summed E-state index contributed by atoms with van der Waals surface area (Å²) in [6.45, 7) is 2.79. The normalized spacial score (nSPS) is 27.7. The number of ether oxygens (including phenoxy) is 1. The molecule has 25 heavy (non-hydrogen) atoms. The van der Waals surface area contributed by atoms with E-state index in [-0.39, 0.29) is 40.6 Å². The third-order valence-electron chi connectivity index (χ3n) is 5.46. The molecule has 7 nitrogen and oxygen atoms in total. The maximum absolute atomic E-state index is 12.9. The second-order valence-electron chi connectivity index (χ2n) is 6.89. The summed E-state index contributed by atoms with van der Waals surface area (Å²) < 4.78 is 5.46. The van der Waals surface area contributed by atoms with Gasteiger partial charge in [-0.25, -0.2) is 0 Å². The minimum atomic E-state index is -0.419. The van der Waals surface area contributed by atoms with E-state index in [9.17, 15) is 14.7 Å². The molecule has 0 aromatic heterocycles. The summed E-state index contributed by atoms with van der Waals surface area (Å²) in [7, 11) is 1.59. The van der Waals surface area contributed by atoms with Gasteiger partial charge in [-0.05, 0) is 37.9 Å². The first-order chi connectivity index (χ1) is 12.0. The Morgan fingerprint density at radius 2 is 2.12 bits per heavy atom. The Bertz CT molecular complexity index is 746. The number of halogens is 1. The van der Waals surface area contributed by atoms with Crippen LogP contribution in [0.4, 0.5) is 5.69 Å². The van der Waals surface area contributed by atoms with E-state index in [1.807, 2.05) is 0 Å². The Kier molecular flexibility index (Phi) is 4.00. The highest BCUT2D eigenvalue weighted by atomic mass is 35.5. The van der Waals surface area contributed by atoms with Gasteiger partial charge in [-0.15, -0.1) is 0 Å². The molecule has 8 heteroatoms. The maximum atomic E-state index is 12.9. The topological polar surface area (TPSA) is 82.1 Å². The third-order valence-corrected chi connectivity index (χ3v) is 5.75. The number of nitrogens with one attached hydrogen (secondary N) is 1. The fourth-order valence-corrected chi connectivity index (χ4v) is 4.15. The van der Waals surface area contributed by atoms with Crippen LogP contribution in [0.25, 0.3) is 0 Å². The summed E-state index contributed by atoms with van der Waals surface area (Å²) in [4.78, 5) is 28.4. The van der Waals surface area contributed by atoms with Gasteiger partial charge in [0, 0.05) is 19.6 Å². The van der Waals surface area contributed by atoms with Crippen molar-refractivity contribution in [2.45, 2.75) is 18.9 Å². The van der Waals surface area contributed by atoms with Gasteiger partial charge in [0.25, 0.3) is 11.8 Å². The molecule has 0 aliphatic carbocycles. The van der Waals surface area contributed by atoms with Gasteiger partial charge < -0.3 is 25.0 Å². The summed E-state index contributed by atoms with van der Waals surface area (Å²) in [6, 6.07) is 1.49. The molecule has 1 aromatic carbocycles. The molecular weight excluding hydrogens is 346 g/mol. The molecule has 4 heterocycles. The van der Waals surface area contributed by atoms with Gasteiger partial charge in [-0.1, -0.05) is 11.6 Å². The van der Waals surface area contributed by atoms with Gasteiger partial charge in [0.1, 0.15) is 5.56 Å². The number of fused-ring (bicyclic) bond motifs is 4. The molecule has 2 amide bonds. The zero-order valence-electron chi connectivity index (χ0n) is 13.9. The highest BCUT2D eigenvalue weighted by Crippen LogP contribution is 2.44. The summed E-state index contributed by atoms with van der Waals surface area (Å²) in [6.07, 6.45) is 2.14. The van der Waals surface area contributed by atoms with Crippen molar-refractivity contribution in [2.75, 3.05) is 38.2 Å². The molecule has 3 fully saturated rings. The molecule has 4 aliphatic rings. The third kappa shape index (κ3) is 2.71. The average Bonchev–Trinajstić information content (AvgIpc) is 2.61. The van der Waals surface area contributed by atoms with Gasteiger partial charge in [-0.2, -0.15) is 0 Å². The quantitative estimate of drug-likeness (QED) is 0.823. The fraction of sp³-hybridized carbons (Fsp3) is 0.529. The van der Waals surface area contributed by atoms with Crippen LogP contribution in [-0.2, 0) is 4.79 Å². The second kappa shape index (κ2) is 6.07. The van der Waals surface area contributed by atoms with E-state index in [1.54, 1.807) is 7.05 Å². The number of carbonyl (C=O) groups is 2. The number of amides is 2. The lowest BCUT2D eigenvalue weighted by Crippen LogP contribution is -2.57. The van der Waals surface area contributed by atoms with Crippen molar-refractivity contribution >= 4 is 29.1 Å². The standard InChI is InChI=1S/C17H20ClN3O4/c1-20-12-6-10(18)15(23)14(16(12)25-8-13(20)22)17(24)19-11-7-21-4-2-9(11)3-5-21/h6,9,11,23H,2-5,7-8H2,1H3,(H,19,24). The molecule has 0 spiro atoms. The maximum Gasteiger partial charge on any atom is 0.264 e. The molecule has 1 aromatic rings. The molecule has 2 N–H and O–H groups in total. The molecular formula is C17H20ClN3O4. The summed E-state index contributed by atoms with van der Waals surface area (Å²) in [5, 5.41) is 13.4. The summed E-state index contributed by atoms with van der Waals surface area (Å²) >= 11 is 6.08. The highest BCUT2D eigenvalue weighted by molar-refractivity contribution is 6.33. The van der Waals surface area contributed by atoms with E-state index in [1.165, 1.54) is 11.0 Å². The monoisotopic (exact) mass is 365 g/mol. The molecule has 1 atom stereocenters. The van der Waals surface area contributed by atoms with E-state index >= 15 is 0 Å². The minimum absolute atomic E-state index is 0.00158. The average molecular weight is 366 g/mol. The number of nitrogens with zero attached hydrogens (tertiary/aromatic N) is 2. The molecule has 2 bridgehead atoms. The van der Waals surface area contributed by atoms with Gasteiger partial charge in [0.2, 0.25) is 0 Å². The van der Waals surface area contributed by atoms with E-state index < -0.39 is 5.91 Å². The Morgan fingerprint density at radius 1 is 1.40 bits per heavy atom. The van der Waals surface area contributed by atoms with Crippen LogP contribution in [0.3, 0.4) is 0 Å². The van der Waals surface area contributed by atoms with Crippen molar-refractivity contribution in [1.82, 2.24) is 10.2 Å². The molecule has 4 aliphatic heterocycles. The predicted octanol–water partition coefficient (Wildman–Crippen LogP) is 1.22. The van der Waals surface area contributed by atoms with Crippen molar-refractivity contribution in [3.05, 3.63) is 16.7 Å². The lowest BCUT2D eigenvalue weighted by Gasteiger charge is -2.45. The number of likely N-dealkylation sites (N-methyl/N-ethyl adjacent to an activating group) is 1. The molecule has 0 saturated carbocycles. The second-order valence-corrected chi connectivity index (χ2v) is 7.30.